The van der Waals surface area contributed by atoms with Gasteiger partial charge in [-0.25, -0.2) is 9.96 Å². The third-order valence-electron chi connectivity index (χ3n) is 6.45. The minimum absolute atomic E-state index is 0.318. The maximum Gasteiger partial charge on any atom is 0.266 e. The second-order valence-corrected chi connectivity index (χ2v) is 8.46. The van der Waals surface area contributed by atoms with Crippen LogP contribution in [0.5, 0.6) is 17.2 Å². The zero-order valence-electron chi connectivity index (χ0n) is 19.9. The normalized spacial score (nSPS) is 21.3. The third-order valence-corrected chi connectivity index (χ3v) is 6.45. The topological polar surface area (TPSA) is 77.5 Å². The van der Waals surface area contributed by atoms with Crippen LogP contribution in [-0.2, 0) is 14.4 Å². The molecule has 3 aromatic carbocycles. The number of hydroxylamine groups is 1. The average molecular weight is 475 g/mol. The van der Waals surface area contributed by atoms with Crippen LogP contribution in [0, 0.1) is 12.8 Å². The Morgan fingerprint density at radius 1 is 0.771 bits per heavy atom. The summed E-state index contributed by atoms with van der Waals surface area (Å²) in [4.78, 5) is 34.7. The molecule has 0 bridgehead atoms. The lowest BCUT2D eigenvalue weighted by molar-refractivity contribution is -0.126. The second kappa shape index (κ2) is 8.96. The number of benzene rings is 3. The molecule has 8 nitrogen and oxygen atoms in total. The van der Waals surface area contributed by atoms with E-state index in [1.54, 1.807) is 29.3 Å². The Balaban J connectivity index is 1.64. The van der Waals surface area contributed by atoms with Crippen LogP contribution in [0.25, 0.3) is 0 Å². The molecule has 0 saturated carbocycles. The van der Waals surface area contributed by atoms with Crippen molar-refractivity contribution >= 4 is 23.2 Å². The van der Waals surface area contributed by atoms with Crippen LogP contribution in [0.3, 0.4) is 0 Å². The van der Waals surface area contributed by atoms with Crippen molar-refractivity contribution in [1.82, 2.24) is 0 Å². The van der Waals surface area contributed by atoms with E-state index in [1.165, 1.54) is 26.2 Å². The highest BCUT2D eigenvalue weighted by Crippen LogP contribution is 2.50. The molecule has 3 aromatic rings. The third kappa shape index (κ3) is 3.66. The van der Waals surface area contributed by atoms with Crippen LogP contribution in [0.15, 0.2) is 66.7 Å². The largest absolute Gasteiger partial charge is 0.493 e. The molecule has 0 N–H and O–H groups in total. The number of carbonyl (C=O) groups is 2. The number of hydrogen-bond donors (Lipinski definition) is 0. The molecule has 0 unspecified atom stereocenters. The molecule has 35 heavy (non-hydrogen) atoms. The Morgan fingerprint density at radius 2 is 1.40 bits per heavy atom. The van der Waals surface area contributed by atoms with Gasteiger partial charge in [0.15, 0.2) is 17.6 Å². The fraction of sp³-hybridized carbons (Fsp3) is 0.259. The number of carbonyl (C=O) groups excluding carboxylic acids is 2. The number of amides is 2. The van der Waals surface area contributed by atoms with Crippen molar-refractivity contribution in [1.29, 1.82) is 0 Å². The van der Waals surface area contributed by atoms with Gasteiger partial charge in [-0.15, -0.1) is 0 Å². The molecule has 5 rings (SSSR count). The van der Waals surface area contributed by atoms with Crippen LogP contribution in [0.1, 0.15) is 17.2 Å². The van der Waals surface area contributed by atoms with Crippen LogP contribution >= 0.6 is 0 Å². The van der Waals surface area contributed by atoms with Crippen molar-refractivity contribution in [3.05, 3.63) is 77.9 Å². The SMILES string of the molecule is COc1cc([C@@H]2[C@H]3C(=O)N(c4ccc(C)cc4)C(=O)[C@H]3ON2c2ccccc2)cc(OC)c1OC. The summed E-state index contributed by atoms with van der Waals surface area (Å²) in [6.07, 6.45) is -0.965. The monoisotopic (exact) mass is 474 g/mol. The van der Waals surface area contributed by atoms with E-state index >= 15 is 0 Å². The summed E-state index contributed by atoms with van der Waals surface area (Å²) in [6, 6.07) is 19.7. The van der Waals surface area contributed by atoms with E-state index in [0.717, 1.165) is 11.3 Å². The van der Waals surface area contributed by atoms with Crippen molar-refractivity contribution in [2.24, 2.45) is 5.92 Å². The first-order valence-electron chi connectivity index (χ1n) is 11.2. The van der Waals surface area contributed by atoms with Gasteiger partial charge in [0.25, 0.3) is 5.91 Å². The summed E-state index contributed by atoms with van der Waals surface area (Å²) >= 11 is 0. The Hall–Kier alpha value is -4.04. The summed E-state index contributed by atoms with van der Waals surface area (Å²) in [6.45, 7) is 1.95. The van der Waals surface area contributed by atoms with Crippen LogP contribution in [0.2, 0.25) is 0 Å². The predicted octanol–water partition coefficient (Wildman–Crippen LogP) is 4.07. The minimum Gasteiger partial charge on any atom is -0.493 e. The molecule has 2 fully saturated rings. The summed E-state index contributed by atoms with van der Waals surface area (Å²) in [5.41, 5.74) is 2.99. The number of nitrogens with zero attached hydrogens (tertiary/aromatic N) is 2. The van der Waals surface area contributed by atoms with E-state index in [0.29, 0.717) is 28.5 Å². The Morgan fingerprint density at radius 3 is 1.97 bits per heavy atom. The number of hydrogen-bond acceptors (Lipinski definition) is 7. The number of anilines is 2. The quantitative estimate of drug-likeness (QED) is 0.499. The van der Waals surface area contributed by atoms with Gasteiger partial charge in [0, 0.05) is 0 Å². The summed E-state index contributed by atoms with van der Waals surface area (Å²) in [5.74, 6) is -0.140. The summed E-state index contributed by atoms with van der Waals surface area (Å²) in [7, 11) is 4.60. The number of methoxy groups -OCH3 is 3. The molecule has 3 atom stereocenters. The van der Waals surface area contributed by atoms with Gasteiger partial charge in [0.05, 0.1) is 38.7 Å². The van der Waals surface area contributed by atoms with Crippen molar-refractivity contribution in [3.63, 3.8) is 0 Å². The zero-order chi connectivity index (χ0) is 24.7. The van der Waals surface area contributed by atoms with Crippen LogP contribution < -0.4 is 24.2 Å². The fourth-order valence-corrected chi connectivity index (χ4v) is 4.77. The number of fused-ring (bicyclic) bond motifs is 1. The Bertz CT molecular complexity index is 1240. The van der Waals surface area contributed by atoms with Gasteiger partial charge in [-0.2, -0.15) is 0 Å². The van der Waals surface area contributed by atoms with Gasteiger partial charge in [0.2, 0.25) is 11.7 Å². The van der Waals surface area contributed by atoms with Gasteiger partial charge in [-0.1, -0.05) is 35.9 Å². The molecule has 8 heteroatoms. The molecule has 2 aliphatic heterocycles. The average Bonchev–Trinajstić information content (AvgIpc) is 3.40. The van der Waals surface area contributed by atoms with Gasteiger partial charge in [0.1, 0.15) is 5.92 Å². The van der Waals surface area contributed by atoms with Crippen molar-refractivity contribution in [2.75, 3.05) is 31.3 Å². The molecule has 2 saturated heterocycles. The number of imide groups is 1. The van der Waals surface area contributed by atoms with E-state index in [2.05, 4.69) is 0 Å². The molecule has 180 valence electrons. The lowest BCUT2D eigenvalue weighted by Crippen LogP contribution is -2.37. The first-order chi connectivity index (χ1) is 17.0. The van der Waals surface area contributed by atoms with E-state index < -0.39 is 18.1 Å². The van der Waals surface area contributed by atoms with E-state index in [-0.39, 0.29) is 11.8 Å². The zero-order valence-corrected chi connectivity index (χ0v) is 19.9. The predicted molar refractivity (Wildman–Crippen MR) is 130 cm³/mol. The fourth-order valence-electron chi connectivity index (χ4n) is 4.77. The van der Waals surface area contributed by atoms with Gasteiger partial charge < -0.3 is 14.2 Å². The number of para-hydroxylation sites is 1. The minimum atomic E-state index is -0.965. The maximum absolute atomic E-state index is 13.8. The Kier molecular flexibility index (Phi) is 5.82. The molecule has 0 aromatic heterocycles. The molecule has 0 spiro atoms. The number of ether oxygens (including phenoxy) is 3. The molecular weight excluding hydrogens is 448 g/mol. The van der Waals surface area contributed by atoms with E-state index in [4.69, 9.17) is 19.0 Å². The van der Waals surface area contributed by atoms with E-state index in [1.807, 2.05) is 49.4 Å². The lowest BCUT2D eigenvalue weighted by atomic mass is 9.90. The van der Waals surface area contributed by atoms with Gasteiger partial charge in [-0.3, -0.25) is 14.4 Å². The maximum atomic E-state index is 13.8. The first-order valence-corrected chi connectivity index (χ1v) is 11.2. The standard InChI is InChI=1S/C27H26N2O6/c1-16-10-12-18(13-11-16)28-26(30)22-23(17-14-20(32-2)24(34-4)21(15-17)33-3)29(35-25(22)27(28)31)19-8-6-5-7-9-19/h5-15,22-23,25H,1-4H3/t22-,23-,25+/m1/s1. The van der Waals surface area contributed by atoms with Crippen LogP contribution in [0.4, 0.5) is 11.4 Å². The highest BCUT2D eigenvalue weighted by molar-refractivity contribution is 6.23. The molecule has 0 radical (unpaired) electrons. The van der Waals surface area contributed by atoms with Gasteiger partial charge in [-0.05, 0) is 48.9 Å². The van der Waals surface area contributed by atoms with Gasteiger partial charge >= 0.3 is 0 Å². The first kappa shape index (κ1) is 22.7. The molecule has 0 aliphatic carbocycles. The van der Waals surface area contributed by atoms with Crippen LogP contribution in [-0.4, -0.2) is 39.2 Å². The number of rotatable bonds is 6. The molecule has 2 heterocycles. The van der Waals surface area contributed by atoms with E-state index in [9.17, 15) is 9.59 Å². The highest BCUT2D eigenvalue weighted by atomic mass is 16.7. The summed E-state index contributed by atoms with van der Waals surface area (Å²) < 4.78 is 16.6. The lowest BCUT2D eigenvalue weighted by Gasteiger charge is -2.29. The summed E-state index contributed by atoms with van der Waals surface area (Å²) in [5, 5.41) is 1.64. The van der Waals surface area contributed by atoms with Crippen molar-refractivity contribution in [2.45, 2.75) is 19.1 Å². The van der Waals surface area contributed by atoms with Crippen molar-refractivity contribution in [3.8, 4) is 17.2 Å². The Labute approximate surface area is 203 Å². The second-order valence-electron chi connectivity index (χ2n) is 8.46. The van der Waals surface area contributed by atoms with Crippen molar-refractivity contribution < 1.29 is 28.6 Å². The molecular formula is C27H26N2O6. The smallest absolute Gasteiger partial charge is 0.266 e. The number of aryl methyl sites for hydroxylation is 1. The molecule has 2 amide bonds. The highest BCUT2D eigenvalue weighted by Gasteiger charge is 2.60. The molecule has 2 aliphatic rings.